The molecule has 42 heavy (non-hydrogen) atoms. The Morgan fingerprint density at radius 2 is 1.67 bits per heavy atom. The molecule has 0 aliphatic rings. The summed E-state index contributed by atoms with van der Waals surface area (Å²) in [6.07, 6.45) is -0.846. The zero-order valence-electron chi connectivity index (χ0n) is 26.1. The molecule has 0 aromatic heterocycles. The number of nitrogens with one attached hydrogen (secondary N) is 3. The van der Waals surface area contributed by atoms with Crippen LogP contribution in [0.5, 0.6) is 5.75 Å². The maximum absolute atomic E-state index is 12.9. The van der Waals surface area contributed by atoms with Gasteiger partial charge < -0.3 is 40.6 Å². The average molecular weight is 587 g/mol. The number of likely N-dealkylation sites (N-methyl/N-ethyl adjacent to an activating group) is 2. The van der Waals surface area contributed by atoms with Crippen molar-refractivity contribution in [2.45, 2.75) is 65.3 Å². The summed E-state index contributed by atoms with van der Waals surface area (Å²) in [5.74, 6) is 0.100. The number of aldehydes is 1. The lowest BCUT2D eigenvalue weighted by molar-refractivity contribution is -0.140. The zero-order valence-corrected chi connectivity index (χ0v) is 26.1. The van der Waals surface area contributed by atoms with Crippen molar-refractivity contribution in [1.82, 2.24) is 20.9 Å². The van der Waals surface area contributed by atoms with Crippen molar-refractivity contribution >= 4 is 18.1 Å². The quantitative estimate of drug-likeness (QED) is 0.148. The van der Waals surface area contributed by atoms with E-state index in [1.165, 1.54) is 30.0 Å². The van der Waals surface area contributed by atoms with Crippen molar-refractivity contribution in [2.75, 3.05) is 40.3 Å². The van der Waals surface area contributed by atoms with Crippen LogP contribution in [0.1, 0.15) is 37.5 Å². The van der Waals surface area contributed by atoms with Crippen LogP contribution in [0.25, 0.3) is 0 Å². The van der Waals surface area contributed by atoms with Gasteiger partial charge in [-0.05, 0) is 45.4 Å². The molecule has 4 atom stereocenters. The van der Waals surface area contributed by atoms with E-state index in [0.717, 1.165) is 5.56 Å². The summed E-state index contributed by atoms with van der Waals surface area (Å²) in [4.78, 5) is 37.0. The molecule has 0 radical (unpaired) electrons. The number of carbonyl (C=O) groups excluding carboxylic acids is 3. The van der Waals surface area contributed by atoms with Gasteiger partial charge in [-0.1, -0.05) is 67.4 Å². The Labute approximate surface area is 250 Å². The summed E-state index contributed by atoms with van der Waals surface area (Å²) in [7, 11) is 3.18. The molecule has 0 bridgehead atoms. The Kier molecular flexibility index (Phi) is 17.3. The topological polar surface area (TPSA) is 140 Å². The summed E-state index contributed by atoms with van der Waals surface area (Å²) >= 11 is 0. The van der Waals surface area contributed by atoms with Crippen LogP contribution in [-0.2, 0) is 20.8 Å². The minimum absolute atomic E-state index is 0.0446. The van der Waals surface area contributed by atoms with E-state index in [1.54, 1.807) is 13.1 Å². The van der Waals surface area contributed by atoms with E-state index in [0.29, 0.717) is 25.0 Å². The fourth-order valence-corrected chi connectivity index (χ4v) is 4.28. The van der Waals surface area contributed by atoms with Gasteiger partial charge in [-0.25, -0.2) is 0 Å². The third-order valence-electron chi connectivity index (χ3n) is 6.56. The second-order valence-electron chi connectivity index (χ2n) is 10.8. The van der Waals surface area contributed by atoms with Gasteiger partial charge in [0.15, 0.2) is 0 Å². The summed E-state index contributed by atoms with van der Waals surface area (Å²) < 4.78 is 5.89. The number of hydrogen-bond acceptors (Lipinski definition) is 8. The fraction of sp³-hybridized carbons (Fsp3) is 0.531. The number of para-hydroxylation sites is 1. The van der Waals surface area contributed by atoms with Gasteiger partial charge in [0.05, 0.1) is 24.8 Å². The van der Waals surface area contributed by atoms with Crippen molar-refractivity contribution in [3.05, 3.63) is 65.2 Å². The number of aliphatic hydroxyl groups is 2. The lowest BCUT2D eigenvalue weighted by Gasteiger charge is -2.31. The molecule has 2 aromatic carbocycles. The Morgan fingerprint density at radius 3 is 2.19 bits per heavy atom. The SMILES string of the molecule is CNCC(=O)NCC(O)Cc1ccccc1OCCNC(C(=O)N(C)C(C=O)C(C)O)C(C)C.Cc1cccc(C)c1. The van der Waals surface area contributed by atoms with Crippen LogP contribution >= 0.6 is 0 Å². The zero-order chi connectivity index (χ0) is 31.7. The summed E-state index contributed by atoms with van der Waals surface area (Å²) in [5.41, 5.74) is 3.48. The van der Waals surface area contributed by atoms with Crippen LogP contribution in [0.4, 0.5) is 0 Å². The van der Waals surface area contributed by atoms with Crippen molar-refractivity contribution in [1.29, 1.82) is 0 Å². The van der Waals surface area contributed by atoms with Crippen LogP contribution < -0.4 is 20.7 Å². The molecule has 2 amide bonds. The Bertz CT molecular complexity index is 1080. The van der Waals surface area contributed by atoms with Crippen LogP contribution in [0, 0.1) is 19.8 Å². The highest BCUT2D eigenvalue weighted by atomic mass is 16.5. The van der Waals surface area contributed by atoms with Gasteiger partial charge in [0.1, 0.15) is 24.7 Å². The number of aryl methyl sites for hydroxylation is 2. The summed E-state index contributed by atoms with van der Waals surface area (Å²) in [5, 5.41) is 28.6. The second-order valence-corrected chi connectivity index (χ2v) is 10.8. The first-order valence-corrected chi connectivity index (χ1v) is 14.4. The maximum atomic E-state index is 12.9. The van der Waals surface area contributed by atoms with Gasteiger partial charge in [0.2, 0.25) is 11.8 Å². The lowest BCUT2D eigenvalue weighted by Crippen LogP contribution is -2.54. The third kappa shape index (κ3) is 13.6. The van der Waals surface area contributed by atoms with E-state index in [9.17, 15) is 24.6 Å². The van der Waals surface area contributed by atoms with Gasteiger partial charge >= 0.3 is 0 Å². The molecule has 0 saturated carbocycles. The van der Waals surface area contributed by atoms with Gasteiger partial charge in [-0.2, -0.15) is 0 Å². The molecular formula is C32H50N4O6. The smallest absolute Gasteiger partial charge is 0.240 e. The largest absolute Gasteiger partial charge is 0.492 e. The average Bonchev–Trinajstić information content (AvgIpc) is 2.92. The minimum atomic E-state index is -0.967. The number of rotatable bonds is 16. The molecule has 0 aliphatic carbocycles. The maximum Gasteiger partial charge on any atom is 0.240 e. The van der Waals surface area contributed by atoms with Crippen molar-refractivity contribution in [3.8, 4) is 5.75 Å². The van der Waals surface area contributed by atoms with Gasteiger partial charge in [-0.3, -0.25) is 9.59 Å². The molecule has 4 unspecified atom stereocenters. The van der Waals surface area contributed by atoms with E-state index >= 15 is 0 Å². The van der Waals surface area contributed by atoms with E-state index in [4.69, 9.17) is 4.74 Å². The number of nitrogens with zero attached hydrogens (tertiary/aromatic N) is 1. The van der Waals surface area contributed by atoms with E-state index in [1.807, 2.05) is 32.0 Å². The molecule has 5 N–H and O–H groups in total. The number of ether oxygens (including phenoxy) is 1. The Morgan fingerprint density at radius 1 is 1.02 bits per heavy atom. The Hall–Kier alpha value is -3.31. The standard InChI is InChI=1S/C24H40N4O6.C8H10/c1-16(2)23(24(33)28(5)20(15-29)17(3)30)26-10-11-34-21-9-7-6-8-18(21)12-19(31)13-27-22(32)14-25-4;1-7-4-3-5-8(2)6-7/h6-9,15-17,19-20,23,25-26,30-31H,10-14H2,1-5H3,(H,27,32);3-6H,1-2H3. The molecule has 0 heterocycles. The molecular weight excluding hydrogens is 536 g/mol. The first-order valence-electron chi connectivity index (χ1n) is 14.4. The fourth-order valence-electron chi connectivity index (χ4n) is 4.28. The number of aliphatic hydroxyl groups excluding tert-OH is 2. The predicted molar refractivity (Wildman–Crippen MR) is 165 cm³/mol. The molecule has 0 fully saturated rings. The highest BCUT2D eigenvalue weighted by Gasteiger charge is 2.30. The molecule has 0 aliphatic heterocycles. The second kappa shape index (κ2) is 19.7. The monoisotopic (exact) mass is 586 g/mol. The number of carbonyl (C=O) groups is 3. The highest BCUT2D eigenvalue weighted by Crippen LogP contribution is 2.19. The molecule has 0 saturated heterocycles. The van der Waals surface area contributed by atoms with Crippen LogP contribution in [0.3, 0.4) is 0 Å². The number of hydrogen-bond donors (Lipinski definition) is 5. The lowest BCUT2D eigenvalue weighted by atomic mass is 10.0. The molecule has 2 rings (SSSR count). The molecule has 234 valence electrons. The van der Waals surface area contributed by atoms with Gasteiger partial charge in [-0.15, -0.1) is 0 Å². The van der Waals surface area contributed by atoms with Crippen LogP contribution in [0.2, 0.25) is 0 Å². The van der Waals surface area contributed by atoms with Gasteiger partial charge in [0, 0.05) is 26.6 Å². The molecule has 10 nitrogen and oxygen atoms in total. The normalized spacial score (nSPS) is 13.7. The van der Waals surface area contributed by atoms with Crippen molar-refractivity contribution < 1.29 is 29.3 Å². The Balaban J connectivity index is 0.000000942. The summed E-state index contributed by atoms with van der Waals surface area (Å²) in [6, 6.07) is 14.3. The predicted octanol–water partition coefficient (Wildman–Crippen LogP) is 1.63. The van der Waals surface area contributed by atoms with Crippen molar-refractivity contribution in [2.24, 2.45) is 5.92 Å². The number of benzene rings is 2. The highest BCUT2D eigenvalue weighted by molar-refractivity contribution is 5.84. The first-order chi connectivity index (χ1) is 19.9. The van der Waals surface area contributed by atoms with Crippen LogP contribution in [0.15, 0.2) is 48.5 Å². The van der Waals surface area contributed by atoms with Gasteiger partial charge in [0.25, 0.3) is 0 Å². The molecule has 2 aromatic rings. The molecule has 10 heteroatoms. The minimum Gasteiger partial charge on any atom is -0.492 e. The van der Waals surface area contributed by atoms with E-state index in [-0.39, 0.29) is 37.4 Å². The first kappa shape index (κ1) is 36.7. The van der Waals surface area contributed by atoms with Crippen molar-refractivity contribution in [3.63, 3.8) is 0 Å². The third-order valence-corrected chi connectivity index (χ3v) is 6.56. The van der Waals surface area contributed by atoms with E-state index < -0.39 is 24.3 Å². The molecule has 0 spiro atoms. The van der Waals surface area contributed by atoms with Crippen LogP contribution in [-0.4, -0.2) is 97.8 Å². The number of amides is 2. The summed E-state index contributed by atoms with van der Waals surface area (Å²) in [6.45, 7) is 10.4. The van der Waals surface area contributed by atoms with E-state index in [2.05, 4.69) is 54.1 Å².